The van der Waals surface area contributed by atoms with E-state index in [1.807, 2.05) is 28.8 Å². The van der Waals surface area contributed by atoms with Crippen molar-refractivity contribution < 1.29 is 14.3 Å². The first kappa shape index (κ1) is 16.5. The van der Waals surface area contributed by atoms with Crippen LogP contribution in [0.25, 0.3) is 0 Å². The third kappa shape index (κ3) is 3.94. The zero-order valence-corrected chi connectivity index (χ0v) is 14.6. The Morgan fingerprint density at radius 2 is 2.04 bits per heavy atom. The summed E-state index contributed by atoms with van der Waals surface area (Å²) in [4.78, 5) is 14.6. The summed E-state index contributed by atoms with van der Waals surface area (Å²) in [5, 5.41) is 0.115. The molecule has 2 aliphatic rings. The highest BCUT2D eigenvalue weighted by Crippen LogP contribution is 2.42. The molecule has 5 heteroatoms. The second-order valence-electron chi connectivity index (χ2n) is 6.02. The Morgan fingerprint density at radius 3 is 2.87 bits per heavy atom. The third-order valence-corrected chi connectivity index (χ3v) is 5.57. The molecule has 4 nitrogen and oxygen atoms in total. The zero-order chi connectivity index (χ0) is 16.1. The summed E-state index contributed by atoms with van der Waals surface area (Å²) in [5.74, 6) is 2.89. The van der Waals surface area contributed by atoms with Crippen LogP contribution in [-0.4, -0.2) is 36.3 Å². The lowest BCUT2D eigenvalue weighted by Crippen LogP contribution is -2.30. The van der Waals surface area contributed by atoms with E-state index in [9.17, 15) is 4.79 Å². The highest BCUT2D eigenvalue weighted by atomic mass is 32.2. The van der Waals surface area contributed by atoms with Gasteiger partial charge in [-0.1, -0.05) is 32.3 Å². The number of hydrogen-bond donors (Lipinski definition) is 0. The molecule has 2 aliphatic heterocycles. The fraction of sp³-hybridized carbons (Fsp3) is 0.611. The molecule has 0 spiro atoms. The molecule has 0 saturated carbocycles. The van der Waals surface area contributed by atoms with Crippen molar-refractivity contribution in [2.45, 2.75) is 44.4 Å². The number of rotatable bonds is 6. The van der Waals surface area contributed by atoms with Crippen molar-refractivity contribution in [3.63, 3.8) is 0 Å². The number of fused-ring (bicyclic) bond motifs is 1. The highest BCUT2D eigenvalue weighted by Gasteiger charge is 2.31. The van der Waals surface area contributed by atoms with Gasteiger partial charge in [0, 0.05) is 18.7 Å². The zero-order valence-electron chi connectivity index (χ0n) is 13.8. The molecule has 1 fully saturated rings. The molecular formula is C18H25NO3S. The standard InChI is InChI=1S/C18H25NO3S/c1-2-3-4-5-6-17(20)19-9-12-23-18(19)14-7-8-15-16(13-14)22-11-10-21-15/h7-8,13,18H,2-6,9-12H2,1H3/t18-/m1/s1. The predicted molar refractivity (Wildman–Crippen MR) is 93.1 cm³/mol. The predicted octanol–water partition coefficient (Wildman–Crippen LogP) is 4.00. The number of carbonyl (C=O) groups is 1. The molecule has 23 heavy (non-hydrogen) atoms. The first-order chi connectivity index (χ1) is 11.3. The molecule has 1 saturated heterocycles. The van der Waals surface area contributed by atoms with E-state index >= 15 is 0 Å². The number of hydrogen-bond acceptors (Lipinski definition) is 4. The maximum atomic E-state index is 12.5. The van der Waals surface area contributed by atoms with Crippen molar-refractivity contribution in [3.8, 4) is 11.5 Å². The van der Waals surface area contributed by atoms with Crippen molar-refractivity contribution in [2.75, 3.05) is 25.5 Å². The first-order valence-corrected chi connectivity index (χ1v) is 9.65. The van der Waals surface area contributed by atoms with Crippen LogP contribution in [0.2, 0.25) is 0 Å². The molecule has 0 aliphatic carbocycles. The summed E-state index contributed by atoms with van der Waals surface area (Å²) in [5.41, 5.74) is 1.14. The number of unbranched alkanes of at least 4 members (excludes halogenated alkanes) is 3. The molecule has 0 bridgehead atoms. The SMILES string of the molecule is CCCCCCC(=O)N1CCS[C@@H]1c1ccc2c(c1)OCCO2. The molecule has 126 valence electrons. The van der Waals surface area contributed by atoms with Gasteiger partial charge in [-0.25, -0.2) is 0 Å². The van der Waals surface area contributed by atoms with Crippen LogP contribution in [0.3, 0.4) is 0 Å². The Balaban J connectivity index is 1.65. The molecule has 3 rings (SSSR count). The number of ether oxygens (including phenoxy) is 2. The monoisotopic (exact) mass is 335 g/mol. The van der Waals surface area contributed by atoms with Crippen LogP contribution in [0.15, 0.2) is 18.2 Å². The van der Waals surface area contributed by atoms with Crippen LogP contribution in [0, 0.1) is 0 Å². The van der Waals surface area contributed by atoms with E-state index in [0.29, 0.717) is 19.6 Å². The largest absolute Gasteiger partial charge is 0.486 e. The number of benzene rings is 1. The second kappa shape index (κ2) is 7.95. The Hall–Kier alpha value is -1.36. The maximum absolute atomic E-state index is 12.5. The molecule has 2 heterocycles. The summed E-state index contributed by atoms with van der Waals surface area (Å²) in [6.07, 6.45) is 5.24. The fourth-order valence-electron chi connectivity index (χ4n) is 3.06. The van der Waals surface area contributed by atoms with Crippen LogP contribution in [0.1, 0.15) is 50.0 Å². The number of carbonyl (C=O) groups excluding carboxylic acids is 1. The van der Waals surface area contributed by atoms with Gasteiger partial charge >= 0.3 is 0 Å². The van der Waals surface area contributed by atoms with Gasteiger partial charge in [-0.2, -0.15) is 0 Å². The summed E-state index contributed by atoms with van der Waals surface area (Å²) in [6, 6.07) is 6.06. The molecule has 1 aromatic carbocycles. The Bertz CT molecular complexity index is 549. The van der Waals surface area contributed by atoms with Crippen molar-refractivity contribution in [3.05, 3.63) is 23.8 Å². The van der Waals surface area contributed by atoms with Crippen LogP contribution >= 0.6 is 11.8 Å². The normalized spacial score (nSPS) is 19.9. The molecule has 0 unspecified atom stereocenters. The van der Waals surface area contributed by atoms with Gasteiger partial charge in [0.25, 0.3) is 0 Å². The summed E-state index contributed by atoms with van der Waals surface area (Å²) < 4.78 is 11.3. The molecule has 0 radical (unpaired) electrons. The highest BCUT2D eigenvalue weighted by molar-refractivity contribution is 7.99. The number of nitrogens with zero attached hydrogens (tertiary/aromatic N) is 1. The van der Waals surface area contributed by atoms with E-state index in [1.165, 1.54) is 12.8 Å². The lowest BCUT2D eigenvalue weighted by Gasteiger charge is -2.26. The van der Waals surface area contributed by atoms with Gasteiger partial charge in [-0.05, 0) is 24.1 Å². The topological polar surface area (TPSA) is 38.8 Å². The van der Waals surface area contributed by atoms with Gasteiger partial charge in [0.15, 0.2) is 11.5 Å². The average molecular weight is 335 g/mol. The van der Waals surface area contributed by atoms with Crippen molar-refractivity contribution in [1.82, 2.24) is 4.90 Å². The molecule has 0 N–H and O–H groups in total. The van der Waals surface area contributed by atoms with Crippen molar-refractivity contribution in [1.29, 1.82) is 0 Å². The molecular weight excluding hydrogens is 310 g/mol. The van der Waals surface area contributed by atoms with E-state index in [2.05, 4.69) is 13.0 Å². The third-order valence-electron chi connectivity index (χ3n) is 4.31. The van der Waals surface area contributed by atoms with E-state index in [1.54, 1.807) is 0 Å². The second-order valence-corrected chi connectivity index (χ2v) is 7.21. The summed E-state index contributed by atoms with van der Waals surface area (Å²) in [6.45, 7) is 4.23. The van der Waals surface area contributed by atoms with E-state index in [-0.39, 0.29) is 11.3 Å². The summed E-state index contributed by atoms with van der Waals surface area (Å²) in [7, 11) is 0. The lowest BCUT2D eigenvalue weighted by atomic mass is 10.1. The van der Waals surface area contributed by atoms with E-state index in [4.69, 9.17) is 9.47 Å². The number of amides is 1. The first-order valence-electron chi connectivity index (χ1n) is 8.60. The molecule has 0 aromatic heterocycles. The van der Waals surface area contributed by atoms with E-state index < -0.39 is 0 Å². The lowest BCUT2D eigenvalue weighted by molar-refractivity contribution is -0.131. The van der Waals surface area contributed by atoms with Crippen LogP contribution in [0.5, 0.6) is 11.5 Å². The van der Waals surface area contributed by atoms with E-state index in [0.717, 1.165) is 42.2 Å². The van der Waals surface area contributed by atoms with Gasteiger partial charge in [0.1, 0.15) is 18.6 Å². The summed E-state index contributed by atoms with van der Waals surface area (Å²) >= 11 is 1.84. The minimum absolute atomic E-state index is 0.115. The van der Waals surface area contributed by atoms with Crippen LogP contribution < -0.4 is 9.47 Å². The molecule has 1 atom stereocenters. The van der Waals surface area contributed by atoms with Crippen LogP contribution in [0.4, 0.5) is 0 Å². The van der Waals surface area contributed by atoms with Gasteiger partial charge in [-0.15, -0.1) is 11.8 Å². The van der Waals surface area contributed by atoms with Gasteiger partial charge in [0.05, 0.1) is 0 Å². The Labute approximate surface area is 142 Å². The van der Waals surface area contributed by atoms with Crippen LogP contribution in [-0.2, 0) is 4.79 Å². The van der Waals surface area contributed by atoms with Crippen molar-refractivity contribution in [2.24, 2.45) is 0 Å². The fourth-order valence-corrected chi connectivity index (χ4v) is 4.33. The van der Waals surface area contributed by atoms with Gasteiger partial charge in [-0.3, -0.25) is 4.79 Å². The number of thioether (sulfide) groups is 1. The van der Waals surface area contributed by atoms with Gasteiger partial charge < -0.3 is 14.4 Å². The Morgan fingerprint density at radius 1 is 1.22 bits per heavy atom. The molecule has 1 amide bonds. The molecule has 1 aromatic rings. The Kier molecular flexibility index (Phi) is 5.70. The maximum Gasteiger partial charge on any atom is 0.223 e. The average Bonchev–Trinajstić information content (AvgIpc) is 3.08. The van der Waals surface area contributed by atoms with Crippen molar-refractivity contribution >= 4 is 17.7 Å². The minimum Gasteiger partial charge on any atom is -0.486 e. The minimum atomic E-state index is 0.115. The quantitative estimate of drug-likeness (QED) is 0.737. The smallest absolute Gasteiger partial charge is 0.223 e. The van der Waals surface area contributed by atoms with Gasteiger partial charge in [0.2, 0.25) is 5.91 Å².